The van der Waals surface area contributed by atoms with Crippen LogP contribution in [0.15, 0.2) is 6.20 Å². The van der Waals surface area contributed by atoms with Gasteiger partial charge in [0.1, 0.15) is 0 Å². The second-order valence-electron chi connectivity index (χ2n) is 4.56. The largest absolute Gasteiger partial charge is 0.391 e. The number of nitrogens with zero attached hydrogens (tertiary/aromatic N) is 3. The van der Waals surface area contributed by atoms with Crippen molar-refractivity contribution in [3.8, 4) is 0 Å². The molecule has 2 rings (SSSR count). The van der Waals surface area contributed by atoms with Crippen molar-refractivity contribution in [2.75, 3.05) is 6.54 Å². The van der Waals surface area contributed by atoms with E-state index in [2.05, 4.69) is 15.6 Å². The Kier molecular flexibility index (Phi) is 4.30. The van der Waals surface area contributed by atoms with Crippen LogP contribution in [0.25, 0.3) is 0 Å². The number of carbonyl (C=O) groups excluding carboxylic acids is 1. The van der Waals surface area contributed by atoms with Gasteiger partial charge in [0.25, 0.3) is 5.91 Å². The second kappa shape index (κ2) is 5.95. The molecule has 0 aromatic carbocycles. The number of nitrogens with one attached hydrogen (secondary N) is 1. The summed E-state index contributed by atoms with van der Waals surface area (Å²) < 4.78 is 1.60. The van der Waals surface area contributed by atoms with E-state index in [9.17, 15) is 9.90 Å². The van der Waals surface area contributed by atoms with E-state index in [0.717, 1.165) is 25.7 Å². The molecule has 0 bridgehead atoms. The van der Waals surface area contributed by atoms with Crippen LogP contribution in [0.3, 0.4) is 0 Å². The molecule has 1 aromatic rings. The third-order valence-corrected chi connectivity index (χ3v) is 3.12. The first-order valence-corrected chi connectivity index (χ1v) is 6.43. The number of aliphatic hydroxyl groups excluding tert-OH is 1. The fraction of sp³-hybridized carbons (Fsp3) is 0.667. The molecule has 2 N–H and O–H groups in total. The summed E-state index contributed by atoms with van der Waals surface area (Å²) in [5, 5.41) is 20.4. The number of rotatable bonds is 4. The normalized spacial score (nSPS) is 23.9. The minimum atomic E-state index is -0.507. The summed E-state index contributed by atoms with van der Waals surface area (Å²) in [6, 6.07) is -0.0982. The van der Waals surface area contributed by atoms with Gasteiger partial charge in [-0.05, 0) is 25.7 Å². The molecule has 1 saturated carbocycles. The van der Waals surface area contributed by atoms with Gasteiger partial charge in [-0.3, -0.25) is 4.79 Å². The van der Waals surface area contributed by atoms with Crippen LogP contribution in [-0.4, -0.2) is 38.7 Å². The molecule has 0 spiro atoms. The van der Waals surface area contributed by atoms with Gasteiger partial charge >= 0.3 is 0 Å². The lowest BCUT2D eigenvalue weighted by Crippen LogP contribution is -2.28. The van der Waals surface area contributed by atoms with Crippen molar-refractivity contribution in [2.24, 2.45) is 0 Å². The van der Waals surface area contributed by atoms with Gasteiger partial charge < -0.3 is 10.4 Å². The summed E-state index contributed by atoms with van der Waals surface area (Å²) in [5.74, 6) is -0.211. The molecule has 1 fully saturated rings. The summed E-state index contributed by atoms with van der Waals surface area (Å²) in [5.41, 5.74) is 0.307. The van der Waals surface area contributed by atoms with Gasteiger partial charge in [-0.25, -0.2) is 4.68 Å². The molecule has 1 aliphatic rings. The van der Waals surface area contributed by atoms with Crippen molar-refractivity contribution in [3.63, 3.8) is 0 Å². The van der Waals surface area contributed by atoms with E-state index in [1.165, 1.54) is 0 Å². The first-order valence-electron chi connectivity index (χ1n) is 6.43. The van der Waals surface area contributed by atoms with Crippen LogP contribution < -0.4 is 5.32 Å². The van der Waals surface area contributed by atoms with E-state index in [0.29, 0.717) is 12.2 Å². The minimum Gasteiger partial charge on any atom is -0.391 e. The Labute approximate surface area is 106 Å². The highest BCUT2D eigenvalue weighted by molar-refractivity contribution is 5.91. The standard InChI is InChI=1S/C12H19N4O2/c1-2-7-13-12(18)9-8-16(15-14-9)10-5-3-4-6-11(10)17/h6,8,10-11,17H,2-5,7H2,1H3,(H,13,18)/t10-,11+/m0/s1. The molecule has 0 aliphatic heterocycles. The molecule has 99 valence electrons. The molecule has 18 heavy (non-hydrogen) atoms. The van der Waals surface area contributed by atoms with E-state index < -0.39 is 6.10 Å². The van der Waals surface area contributed by atoms with E-state index in [1.54, 1.807) is 10.9 Å². The fourth-order valence-corrected chi connectivity index (χ4v) is 2.10. The van der Waals surface area contributed by atoms with E-state index in [-0.39, 0.29) is 11.9 Å². The molecule has 0 unspecified atom stereocenters. The van der Waals surface area contributed by atoms with Gasteiger partial charge in [0.15, 0.2) is 5.69 Å². The lowest BCUT2D eigenvalue weighted by Gasteiger charge is -2.26. The predicted octanol–water partition coefficient (Wildman–Crippen LogP) is 0.708. The zero-order valence-corrected chi connectivity index (χ0v) is 10.5. The maximum atomic E-state index is 11.7. The summed E-state index contributed by atoms with van der Waals surface area (Å²) >= 11 is 0. The predicted molar refractivity (Wildman–Crippen MR) is 65.8 cm³/mol. The molecule has 1 heterocycles. The van der Waals surface area contributed by atoms with Gasteiger partial charge in [0.2, 0.25) is 0 Å². The van der Waals surface area contributed by atoms with E-state index >= 15 is 0 Å². The van der Waals surface area contributed by atoms with Crippen LogP contribution in [0.1, 0.15) is 49.1 Å². The van der Waals surface area contributed by atoms with Gasteiger partial charge in [0.05, 0.1) is 18.3 Å². The minimum absolute atomic E-state index is 0.0982. The SMILES string of the molecule is CCCNC(=O)c1cn([C@H]2CCC[CH][C@H]2O)nn1. The monoisotopic (exact) mass is 251 g/mol. The maximum Gasteiger partial charge on any atom is 0.273 e. The van der Waals surface area contributed by atoms with Crippen molar-refractivity contribution >= 4 is 5.91 Å². The lowest BCUT2D eigenvalue weighted by atomic mass is 9.93. The topological polar surface area (TPSA) is 80.0 Å². The average Bonchev–Trinajstić information content (AvgIpc) is 2.86. The summed E-state index contributed by atoms with van der Waals surface area (Å²) in [4.78, 5) is 11.7. The molecule has 0 saturated heterocycles. The molecule has 1 aliphatic carbocycles. The van der Waals surface area contributed by atoms with Crippen LogP contribution in [-0.2, 0) is 0 Å². The summed E-state index contributed by atoms with van der Waals surface area (Å²) in [6.07, 6.45) is 6.68. The zero-order valence-electron chi connectivity index (χ0n) is 10.5. The van der Waals surface area contributed by atoms with E-state index in [4.69, 9.17) is 0 Å². The number of hydrogen-bond donors (Lipinski definition) is 2. The molecular weight excluding hydrogens is 232 g/mol. The number of aliphatic hydroxyl groups is 1. The number of carbonyl (C=O) groups is 1. The van der Waals surface area contributed by atoms with Crippen LogP contribution in [0, 0.1) is 6.42 Å². The Hall–Kier alpha value is -1.43. The van der Waals surface area contributed by atoms with Gasteiger partial charge in [-0.15, -0.1) is 5.10 Å². The van der Waals surface area contributed by atoms with Gasteiger partial charge in [0, 0.05) is 6.54 Å². The highest BCUT2D eigenvalue weighted by Crippen LogP contribution is 2.27. The van der Waals surface area contributed by atoms with Crippen LogP contribution >= 0.6 is 0 Å². The van der Waals surface area contributed by atoms with E-state index in [1.807, 2.05) is 13.3 Å². The van der Waals surface area contributed by atoms with Crippen molar-refractivity contribution in [2.45, 2.75) is 44.8 Å². The Morgan fingerprint density at radius 1 is 1.67 bits per heavy atom. The molecule has 1 amide bonds. The average molecular weight is 251 g/mol. The molecule has 6 heteroatoms. The lowest BCUT2D eigenvalue weighted by molar-refractivity contribution is 0.0947. The number of hydrogen-bond acceptors (Lipinski definition) is 4. The first-order chi connectivity index (χ1) is 8.72. The van der Waals surface area contributed by atoms with Gasteiger partial charge in [-0.2, -0.15) is 0 Å². The van der Waals surface area contributed by atoms with Crippen LogP contribution in [0.4, 0.5) is 0 Å². The van der Waals surface area contributed by atoms with Crippen molar-refractivity contribution in [1.82, 2.24) is 20.3 Å². The third kappa shape index (κ3) is 2.87. The number of aromatic nitrogens is 3. The highest BCUT2D eigenvalue weighted by atomic mass is 16.3. The Balaban J connectivity index is 2.02. The first kappa shape index (κ1) is 13.0. The molecular formula is C12H19N4O2. The Bertz CT molecular complexity index is 405. The smallest absolute Gasteiger partial charge is 0.273 e. The summed E-state index contributed by atoms with van der Waals surface area (Å²) in [6.45, 7) is 2.62. The molecule has 6 nitrogen and oxygen atoms in total. The summed E-state index contributed by atoms with van der Waals surface area (Å²) in [7, 11) is 0. The fourth-order valence-electron chi connectivity index (χ4n) is 2.10. The zero-order chi connectivity index (χ0) is 13.0. The van der Waals surface area contributed by atoms with Crippen molar-refractivity contribution in [3.05, 3.63) is 18.3 Å². The highest BCUT2D eigenvalue weighted by Gasteiger charge is 2.26. The number of amides is 1. The van der Waals surface area contributed by atoms with Crippen LogP contribution in [0.2, 0.25) is 0 Å². The Morgan fingerprint density at radius 2 is 2.50 bits per heavy atom. The third-order valence-electron chi connectivity index (χ3n) is 3.12. The van der Waals surface area contributed by atoms with Crippen molar-refractivity contribution < 1.29 is 9.90 Å². The molecule has 1 radical (unpaired) electrons. The maximum absolute atomic E-state index is 11.7. The second-order valence-corrected chi connectivity index (χ2v) is 4.56. The van der Waals surface area contributed by atoms with Crippen molar-refractivity contribution in [1.29, 1.82) is 0 Å². The Morgan fingerprint density at radius 3 is 3.22 bits per heavy atom. The van der Waals surface area contributed by atoms with Crippen LogP contribution in [0.5, 0.6) is 0 Å². The quantitative estimate of drug-likeness (QED) is 0.826. The molecule has 1 aromatic heterocycles. The molecule has 2 atom stereocenters. The van der Waals surface area contributed by atoms with Gasteiger partial charge in [-0.1, -0.05) is 18.6 Å².